The SMILES string of the molecule is CC(C)CCN(C)C(=O)CC(N)c1ccccc1. The van der Waals surface area contributed by atoms with Gasteiger partial charge < -0.3 is 10.6 Å². The number of hydrogen-bond donors (Lipinski definition) is 1. The van der Waals surface area contributed by atoms with E-state index in [0.29, 0.717) is 12.3 Å². The van der Waals surface area contributed by atoms with Crippen molar-refractivity contribution in [3.05, 3.63) is 35.9 Å². The monoisotopic (exact) mass is 248 g/mol. The molecule has 1 rings (SSSR count). The van der Waals surface area contributed by atoms with Gasteiger partial charge in [0.2, 0.25) is 5.91 Å². The molecular weight excluding hydrogens is 224 g/mol. The number of benzene rings is 1. The second-order valence-corrected chi connectivity index (χ2v) is 5.22. The van der Waals surface area contributed by atoms with Crippen LogP contribution in [0.4, 0.5) is 0 Å². The molecule has 0 aliphatic carbocycles. The zero-order valence-electron chi connectivity index (χ0n) is 11.6. The van der Waals surface area contributed by atoms with Gasteiger partial charge in [-0.25, -0.2) is 0 Å². The van der Waals surface area contributed by atoms with E-state index >= 15 is 0 Å². The summed E-state index contributed by atoms with van der Waals surface area (Å²) >= 11 is 0. The lowest BCUT2D eigenvalue weighted by Gasteiger charge is -2.20. The van der Waals surface area contributed by atoms with Crippen molar-refractivity contribution in [3.8, 4) is 0 Å². The van der Waals surface area contributed by atoms with E-state index in [4.69, 9.17) is 5.73 Å². The van der Waals surface area contributed by atoms with E-state index in [1.165, 1.54) is 0 Å². The van der Waals surface area contributed by atoms with E-state index in [1.54, 1.807) is 4.90 Å². The van der Waals surface area contributed by atoms with E-state index in [1.807, 2.05) is 37.4 Å². The summed E-state index contributed by atoms with van der Waals surface area (Å²) in [6.45, 7) is 5.13. The molecule has 0 saturated carbocycles. The summed E-state index contributed by atoms with van der Waals surface area (Å²) in [5, 5.41) is 0. The summed E-state index contributed by atoms with van der Waals surface area (Å²) < 4.78 is 0. The van der Waals surface area contributed by atoms with Gasteiger partial charge in [-0.1, -0.05) is 44.2 Å². The Kier molecular flexibility index (Phi) is 5.86. The van der Waals surface area contributed by atoms with Gasteiger partial charge in [0.25, 0.3) is 0 Å². The molecular formula is C15H24N2O. The average Bonchev–Trinajstić information content (AvgIpc) is 2.36. The van der Waals surface area contributed by atoms with Crippen LogP contribution in [0.2, 0.25) is 0 Å². The summed E-state index contributed by atoms with van der Waals surface area (Å²) in [7, 11) is 1.85. The standard InChI is InChI=1S/C15H24N2O/c1-12(2)9-10-17(3)15(18)11-14(16)13-7-5-4-6-8-13/h4-8,12,14H,9-11,16H2,1-3H3. The first kappa shape index (κ1) is 14.7. The van der Waals surface area contributed by atoms with Gasteiger partial charge in [-0.15, -0.1) is 0 Å². The Morgan fingerprint density at radius 1 is 1.28 bits per heavy atom. The zero-order valence-corrected chi connectivity index (χ0v) is 11.6. The van der Waals surface area contributed by atoms with Gasteiger partial charge in [-0.3, -0.25) is 4.79 Å². The zero-order chi connectivity index (χ0) is 13.5. The number of nitrogens with two attached hydrogens (primary N) is 1. The molecule has 18 heavy (non-hydrogen) atoms. The molecule has 0 aliphatic heterocycles. The van der Waals surface area contributed by atoms with Crippen molar-refractivity contribution in [3.63, 3.8) is 0 Å². The minimum atomic E-state index is -0.208. The van der Waals surface area contributed by atoms with Crippen LogP contribution in [0.15, 0.2) is 30.3 Å². The minimum Gasteiger partial charge on any atom is -0.346 e. The molecule has 1 amide bonds. The summed E-state index contributed by atoms with van der Waals surface area (Å²) in [5.41, 5.74) is 7.06. The first-order valence-corrected chi connectivity index (χ1v) is 6.55. The molecule has 2 N–H and O–H groups in total. The summed E-state index contributed by atoms with van der Waals surface area (Å²) in [4.78, 5) is 13.8. The highest BCUT2D eigenvalue weighted by molar-refractivity contribution is 5.76. The molecule has 0 aromatic heterocycles. The third-order valence-electron chi connectivity index (χ3n) is 3.09. The highest BCUT2D eigenvalue weighted by Gasteiger charge is 2.15. The Balaban J connectivity index is 2.44. The van der Waals surface area contributed by atoms with E-state index in [-0.39, 0.29) is 11.9 Å². The second-order valence-electron chi connectivity index (χ2n) is 5.22. The van der Waals surface area contributed by atoms with Crippen LogP contribution in [0.25, 0.3) is 0 Å². The topological polar surface area (TPSA) is 46.3 Å². The van der Waals surface area contributed by atoms with Crippen molar-refractivity contribution in [2.45, 2.75) is 32.7 Å². The number of hydrogen-bond acceptors (Lipinski definition) is 2. The number of nitrogens with zero attached hydrogens (tertiary/aromatic N) is 1. The number of amides is 1. The van der Waals surface area contributed by atoms with Crippen molar-refractivity contribution < 1.29 is 4.79 Å². The third-order valence-corrected chi connectivity index (χ3v) is 3.09. The minimum absolute atomic E-state index is 0.118. The molecule has 0 bridgehead atoms. The van der Waals surface area contributed by atoms with Crippen molar-refractivity contribution in [2.75, 3.05) is 13.6 Å². The van der Waals surface area contributed by atoms with Crippen molar-refractivity contribution in [1.82, 2.24) is 4.90 Å². The smallest absolute Gasteiger partial charge is 0.224 e. The van der Waals surface area contributed by atoms with Gasteiger partial charge in [-0.2, -0.15) is 0 Å². The van der Waals surface area contributed by atoms with Crippen LogP contribution in [-0.4, -0.2) is 24.4 Å². The molecule has 1 aromatic carbocycles. The Morgan fingerprint density at radius 2 is 1.89 bits per heavy atom. The molecule has 3 heteroatoms. The van der Waals surface area contributed by atoms with E-state index < -0.39 is 0 Å². The van der Waals surface area contributed by atoms with Crippen LogP contribution in [0.1, 0.15) is 38.3 Å². The molecule has 0 aliphatic rings. The largest absolute Gasteiger partial charge is 0.346 e. The quantitative estimate of drug-likeness (QED) is 0.841. The summed E-state index contributed by atoms with van der Waals surface area (Å²) in [6.07, 6.45) is 1.40. The molecule has 100 valence electrons. The first-order valence-electron chi connectivity index (χ1n) is 6.55. The lowest BCUT2D eigenvalue weighted by Crippen LogP contribution is -2.31. The molecule has 0 radical (unpaired) electrons. The Hall–Kier alpha value is -1.35. The maximum absolute atomic E-state index is 12.0. The molecule has 0 spiro atoms. The highest BCUT2D eigenvalue weighted by Crippen LogP contribution is 2.14. The summed E-state index contributed by atoms with van der Waals surface area (Å²) in [5.74, 6) is 0.732. The van der Waals surface area contributed by atoms with Crippen molar-refractivity contribution in [1.29, 1.82) is 0 Å². The number of rotatable bonds is 6. The van der Waals surface area contributed by atoms with Gasteiger partial charge in [0.05, 0.1) is 0 Å². The normalized spacial score (nSPS) is 12.5. The van der Waals surface area contributed by atoms with Crippen LogP contribution in [0.3, 0.4) is 0 Å². The maximum atomic E-state index is 12.0. The molecule has 1 aromatic rings. The fraction of sp³-hybridized carbons (Fsp3) is 0.533. The molecule has 1 unspecified atom stereocenters. The maximum Gasteiger partial charge on any atom is 0.224 e. The average molecular weight is 248 g/mol. The Labute approximate surface area is 110 Å². The van der Waals surface area contributed by atoms with Crippen molar-refractivity contribution >= 4 is 5.91 Å². The molecule has 3 nitrogen and oxygen atoms in total. The highest BCUT2D eigenvalue weighted by atomic mass is 16.2. The predicted octanol–water partition coefficient (Wildman–Crippen LogP) is 2.58. The summed E-state index contributed by atoms with van der Waals surface area (Å²) in [6, 6.07) is 9.56. The fourth-order valence-corrected chi connectivity index (χ4v) is 1.74. The van der Waals surface area contributed by atoms with Gasteiger partial charge in [0.15, 0.2) is 0 Å². The van der Waals surface area contributed by atoms with E-state index in [2.05, 4.69) is 13.8 Å². The van der Waals surface area contributed by atoms with Crippen LogP contribution in [0, 0.1) is 5.92 Å². The fourth-order valence-electron chi connectivity index (χ4n) is 1.74. The van der Waals surface area contributed by atoms with Gasteiger partial charge in [0.1, 0.15) is 0 Å². The molecule has 1 atom stereocenters. The Morgan fingerprint density at radius 3 is 2.44 bits per heavy atom. The van der Waals surface area contributed by atoms with Crippen LogP contribution in [-0.2, 0) is 4.79 Å². The Bertz CT molecular complexity index is 362. The third kappa shape index (κ3) is 4.88. The van der Waals surface area contributed by atoms with Gasteiger partial charge in [-0.05, 0) is 17.9 Å². The van der Waals surface area contributed by atoms with Crippen molar-refractivity contribution in [2.24, 2.45) is 11.7 Å². The van der Waals surface area contributed by atoms with E-state index in [9.17, 15) is 4.79 Å². The van der Waals surface area contributed by atoms with Crippen LogP contribution in [0.5, 0.6) is 0 Å². The molecule has 0 heterocycles. The first-order chi connectivity index (χ1) is 8.50. The van der Waals surface area contributed by atoms with Gasteiger partial charge in [0, 0.05) is 26.1 Å². The molecule has 0 fully saturated rings. The molecule has 0 saturated heterocycles. The predicted molar refractivity (Wildman–Crippen MR) is 75.1 cm³/mol. The second kappa shape index (κ2) is 7.17. The lowest BCUT2D eigenvalue weighted by molar-refractivity contribution is -0.130. The number of carbonyl (C=O) groups excluding carboxylic acids is 1. The number of carbonyl (C=O) groups is 1. The van der Waals surface area contributed by atoms with Crippen LogP contribution < -0.4 is 5.73 Å². The van der Waals surface area contributed by atoms with E-state index in [0.717, 1.165) is 18.5 Å². The lowest BCUT2D eigenvalue weighted by atomic mass is 10.0. The van der Waals surface area contributed by atoms with Crippen LogP contribution >= 0.6 is 0 Å². The van der Waals surface area contributed by atoms with Gasteiger partial charge >= 0.3 is 0 Å².